The number of urea groups is 1. The van der Waals surface area contributed by atoms with Crippen LogP contribution in [0.5, 0.6) is 0 Å². The number of rotatable bonds is 7. The lowest BCUT2D eigenvalue weighted by Gasteiger charge is -2.38. The van der Waals surface area contributed by atoms with Gasteiger partial charge in [-0.3, -0.25) is 4.90 Å². The highest BCUT2D eigenvalue weighted by atomic mass is 19.4. The van der Waals surface area contributed by atoms with Gasteiger partial charge in [-0.15, -0.1) is 0 Å². The minimum atomic E-state index is -4.46. The first-order chi connectivity index (χ1) is 16.7. The molecule has 4 rings (SSSR count). The molecule has 2 amide bonds. The van der Waals surface area contributed by atoms with Gasteiger partial charge in [-0.2, -0.15) is 13.2 Å². The number of esters is 1. The molecule has 1 saturated carbocycles. The molecule has 188 valence electrons. The molecular weight excluding hydrogens is 459 g/mol. The van der Waals surface area contributed by atoms with Gasteiger partial charge in [-0.05, 0) is 67.5 Å². The van der Waals surface area contributed by atoms with Gasteiger partial charge in [0.15, 0.2) is 0 Å². The van der Waals surface area contributed by atoms with Crippen LogP contribution in [0.25, 0.3) is 0 Å². The lowest BCUT2D eigenvalue weighted by molar-refractivity contribution is -0.137. The Balaban J connectivity index is 1.35. The topological polar surface area (TPSA) is 61.9 Å². The van der Waals surface area contributed by atoms with E-state index in [4.69, 9.17) is 4.74 Å². The third-order valence-corrected chi connectivity index (χ3v) is 6.63. The van der Waals surface area contributed by atoms with Gasteiger partial charge in [-0.25, -0.2) is 9.59 Å². The van der Waals surface area contributed by atoms with Crippen LogP contribution in [0, 0.1) is 5.92 Å². The number of hydrogen-bond acceptors (Lipinski definition) is 4. The number of hydrogen-bond donors (Lipinski definition) is 1. The highest BCUT2D eigenvalue weighted by Crippen LogP contribution is 2.33. The molecule has 1 N–H and O–H groups in total. The smallest absolute Gasteiger partial charge is 0.416 e. The summed E-state index contributed by atoms with van der Waals surface area (Å²) in [6.07, 6.45) is -0.714. The molecule has 1 aliphatic heterocycles. The van der Waals surface area contributed by atoms with Crippen LogP contribution in [-0.2, 0) is 17.5 Å². The third-order valence-electron chi connectivity index (χ3n) is 6.63. The summed E-state index contributed by atoms with van der Waals surface area (Å²) in [6.45, 7) is 2.99. The van der Waals surface area contributed by atoms with Crippen molar-refractivity contribution in [1.82, 2.24) is 9.80 Å². The number of methoxy groups -OCH3 is 1. The Morgan fingerprint density at radius 2 is 1.74 bits per heavy atom. The lowest BCUT2D eigenvalue weighted by Crippen LogP contribution is -2.49. The van der Waals surface area contributed by atoms with E-state index in [9.17, 15) is 22.8 Å². The van der Waals surface area contributed by atoms with Crippen molar-refractivity contribution in [3.63, 3.8) is 0 Å². The van der Waals surface area contributed by atoms with Gasteiger partial charge in [0.2, 0.25) is 0 Å². The normalized spacial score (nSPS) is 17.1. The standard InChI is InChI=1S/C26H30F3N3O3/c1-35-24(33)20-9-7-18(8-10-20)16-31-13-11-23(12-14-31)32(17-19-5-6-19)25(34)30-22-4-2-3-21(15-22)26(27,28)29/h2-4,7-10,15,19,23H,5-6,11-14,16-17H2,1H3,(H,30,34). The van der Waals surface area contributed by atoms with Crippen molar-refractivity contribution in [1.29, 1.82) is 0 Å². The molecule has 0 aromatic heterocycles. The molecule has 2 aliphatic rings. The van der Waals surface area contributed by atoms with Crippen molar-refractivity contribution in [2.24, 2.45) is 5.92 Å². The van der Waals surface area contributed by atoms with Gasteiger partial charge in [0.1, 0.15) is 0 Å². The van der Waals surface area contributed by atoms with Crippen molar-refractivity contribution < 1.29 is 27.5 Å². The van der Waals surface area contributed by atoms with Gasteiger partial charge in [0.25, 0.3) is 0 Å². The van der Waals surface area contributed by atoms with Crippen molar-refractivity contribution in [2.75, 3.05) is 32.1 Å². The Kier molecular flexibility index (Phi) is 7.64. The monoisotopic (exact) mass is 489 g/mol. The fraction of sp³-hybridized carbons (Fsp3) is 0.462. The highest BCUT2D eigenvalue weighted by Gasteiger charge is 2.34. The van der Waals surface area contributed by atoms with Gasteiger partial charge in [-0.1, -0.05) is 18.2 Å². The highest BCUT2D eigenvalue weighted by molar-refractivity contribution is 5.90. The number of nitrogens with zero attached hydrogens (tertiary/aromatic N) is 2. The molecule has 0 radical (unpaired) electrons. The van der Waals surface area contributed by atoms with Crippen LogP contribution in [0.1, 0.15) is 47.2 Å². The summed E-state index contributed by atoms with van der Waals surface area (Å²) < 4.78 is 43.9. The summed E-state index contributed by atoms with van der Waals surface area (Å²) in [7, 11) is 1.35. The van der Waals surface area contributed by atoms with E-state index in [-0.39, 0.29) is 23.7 Å². The van der Waals surface area contributed by atoms with Crippen molar-refractivity contribution in [3.05, 3.63) is 65.2 Å². The Morgan fingerprint density at radius 3 is 2.34 bits per heavy atom. The van der Waals surface area contributed by atoms with E-state index in [1.54, 1.807) is 12.1 Å². The van der Waals surface area contributed by atoms with E-state index in [1.807, 2.05) is 17.0 Å². The zero-order valence-electron chi connectivity index (χ0n) is 19.7. The third kappa shape index (κ3) is 6.75. The van der Waals surface area contributed by atoms with Crippen LogP contribution in [0.4, 0.5) is 23.7 Å². The van der Waals surface area contributed by atoms with Crippen LogP contribution in [0.15, 0.2) is 48.5 Å². The van der Waals surface area contributed by atoms with Crippen molar-refractivity contribution in [2.45, 2.75) is 44.4 Å². The number of benzene rings is 2. The minimum absolute atomic E-state index is 0.0411. The summed E-state index contributed by atoms with van der Waals surface area (Å²) in [5.41, 5.74) is 0.973. The van der Waals surface area contributed by atoms with E-state index in [0.29, 0.717) is 18.0 Å². The van der Waals surface area contributed by atoms with Crippen LogP contribution in [0.3, 0.4) is 0 Å². The molecule has 2 aromatic carbocycles. The number of halogens is 3. The number of anilines is 1. The van der Waals surface area contributed by atoms with Crippen molar-refractivity contribution in [3.8, 4) is 0 Å². The number of amides is 2. The predicted molar refractivity (Wildman–Crippen MR) is 126 cm³/mol. The van der Waals surface area contributed by atoms with Gasteiger partial charge in [0, 0.05) is 37.9 Å². The average molecular weight is 490 g/mol. The largest absolute Gasteiger partial charge is 0.465 e. The van der Waals surface area contributed by atoms with Crippen LogP contribution in [-0.4, -0.2) is 54.6 Å². The second-order valence-electron chi connectivity index (χ2n) is 9.30. The Hall–Kier alpha value is -3.07. The zero-order chi connectivity index (χ0) is 25.0. The van der Waals surface area contributed by atoms with Crippen LogP contribution >= 0.6 is 0 Å². The molecule has 2 aromatic rings. The molecule has 0 bridgehead atoms. The maximum atomic E-state index is 13.1. The SMILES string of the molecule is COC(=O)c1ccc(CN2CCC(N(CC3CC3)C(=O)Nc3cccc(C(F)(F)F)c3)CC2)cc1. The molecule has 0 spiro atoms. The molecule has 9 heteroatoms. The van der Waals surface area contributed by atoms with E-state index in [2.05, 4.69) is 10.2 Å². The zero-order valence-corrected chi connectivity index (χ0v) is 19.7. The summed E-state index contributed by atoms with van der Waals surface area (Å²) in [4.78, 5) is 28.8. The molecule has 6 nitrogen and oxygen atoms in total. The summed E-state index contributed by atoms with van der Waals surface area (Å²) in [5.74, 6) is 0.102. The molecule has 0 atom stereocenters. The minimum Gasteiger partial charge on any atom is -0.465 e. The summed E-state index contributed by atoms with van der Waals surface area (Å²) in [6, 6.07) is 11.8. The van der Waals surface area contributed by atoms with Crippen LogP contribution in [0.2, 0.25) is 0 Å². The van der Waals surface area contributed by atoms with E-state index >= 15 is 0 Å². The number of likely N-dealkylation sites (tertiary alicyclic amines) is 1. The number of piperidine rings is 1. The second kappa shape index (κ2) is 10.7. The molecule has 2 fully saturated rings. The molecule has 0 unspecified atom stereocenters. The Bertz CT molecular complexity index is 1030. The Labute approximate surface area is 203 Å². The summed E-state index contributed by atoms with van der Waals surface area (Å²) in [5, 5.41) is 2.69. The molecule has 1 aliphatic carbocycles. The number of carbonyl (C=O) groups is 2. The summed E-state index contributed by atoms with van der Waals surface area (Å²) >= 11 is 0. The maximum absolute atomic E-state index is 13.1. The molecule has 1 heterocycles. The van der Waals surface area contributed by atoms with Crippen LogP contribution < -0.4 is 5.32 Å². The number of carbonyl (C=O) groups excluding carboxylic acids is 2. The first kappa shape index (κ1) is 25.0. The quantitative estimate of drug-likeness (QED) is 0.529. The fourth-order valence-electron chi connectivity index (χ4n) is 4.46. The number of nitrogens with one attached hydrogen (secondary N) is 1. The van der Waals surface area contributed by atoms with E-state index in [0.717, 1.165) is 63.0 Å². The molecular formula is C26H30F3N3O3. The molecule has 35 heavy (non-hydrogen) atoms. The van der Waals surface area contributed by atoms with Gasteiger partial charge >= 0.3 is 18.2 Å². The number of ether oxygens (including phenoxy) is 1. The van der Waals surface area contributed by atoms with E-state index < -0.39 is 11.7 Å². The first-order valence-corrected chi connectivity index (χ1v) is 11.9. The van der Waals surface area contributed by atoms with Gasteiger partial charge in [0.05, 0.1) is 18.2 Å². The van der Waals surface area contributed by atoms with Crippen molar-refractivity contribution >= 4 is 17.7 Å². The molecule has 1 saturated heterocycles. The fourth-order valence-corrected chi connectivity index (χ4v) is 4.46. The lowest BCUT2D eigenvalue weighted by atomic mass is 10.0. The first-order valence-electron chi connectivity index (χ1n) is 11.9. The Morgan fingerprint density at radius 1 is 1.06 bits per heavy atom. The maximum Gasteiger partial charge on any atom is 0.416 e. The van der Waals surface area contributed by atoms with E-state index in [1.165, 1.54) is 19.2 Å². The predicted octanol–water partition coefficient (Wildman–Crippen LogP) is 5.40. The van der Waals surface area contributed by atoms with Gasteiger partial charge < -0.3 is 15.0 Å². The second-order valence-corrected chi connectivity index (χ2v) is 9.30. The average Bonchev–Trinajstić information content (AvgIpc) is 3.67. The number of alkyl halides is 3.